The standard InChI is InChI=1S/C14H16ClN5O3/c15-11-6-13(19-1-3-22-4-2-19)20-12(17-11)5-10(18-20)14(21)16-9-7-23-8-9/h5-6,9H,1-4,7-8H2,(H,16,21). The van der Waals surface area contributed by atoms with Gasteiger partial charge in [-0.15, -0.1) is 0 Å². The Morgan fingerprint density at radius 2 is 2.04 bits per heavy atom. The van der Waals surface area contributed by atoms with Gasteiger partial charge in [-0.05, 0) is 0 Å². The Labute approximate surface area is 137 Å². The fraction of sp³-hybridized carbons (Fsp3) is 0.500. The number of nitrogens with one attached hydrogen (secondary N) is 1. The lowest BCUT2D eigenvalue weighted by Crippen LogP contribution is -2.48. The first-order chi connectivity index (χ1) is 11.2. The zero-order valence-electron chi connectivity index (χ0n) is 12.4. The molecule has 2 aliphatic heterocycles. The molecule has 0 unspecified atom stereocenters. The molecule has 4 rings (SSSR count). The summed E-state index contributed by atoms with van der Waals surface area (Å²) in [7, 11) is 0. The van der Waals surface area contributed by atoms with E-state index in [2.05, 4.69) is 20.3 Å². The maximum Gasteiger partial charge on any atom is 0.272 e. The van der Waals surface area contributed by atoms with E-state index in [1.54, 1.807) is 16.6 Å². The molecule has 2 aliphatic rings. The molecule has 0 atom stereocenters. The maximum absolute atomic E-state index is 12.3. The van der Waals surface area contributed by atoms with Gasteiger partial charge in [0.2, 0.25) is 0 Å². The third kappa shape index (κ3) is 2.85. The van der Waals surface area contributed by atoms with Crippen molar-refractivity contribution in [2.24, 2.45) is 0 Å². The van der Waals surface area contributed by atoms with Crippen LogP contribution in [0.4, 0.5) is 5.82 Å². The molecular weight excluding hydrogens is 322 g/mol. The molecule has 9 heteroatoms. The van der Waals surface area contributed by atoms with Crippen LogP contribution in [0.1, 0.15) is 10.5 Å². The van der Waals surface area contributed by atoms with Crippen molar-refractivity contribution in [3.8, 4) is 0 Å². The number of anilines is 1. The van der Waals surface area contributed by atoms with E-state index in [0.717, 1.165) is 18.9 Å². The van der Waals surface area contributed by atoms with Gasteiger partial charge in [-0.3, -0.25) is 4.79 Å². The topological polar surface area (TPSA) is 81.0 Å². The first-order valence-electron chi connectivity index (χ1n) is 7.48. The minimum Gasteiger partial charge on any atom is -0.378 e. The van der Waals surface area contributed by atoms with Gasteiger partial charge in [0, 0.05) is 25.2 Å². The fourth-order valence-electron chi connectivity index (χ4n) is 2.64. The summed E-state index contributed by atoms with van der Waals surface area (Å²) < 4.78 is 12.1. The molecule has 0 bridgehead atoms. The number of hydrogen-bond acceptors (Lipinski definition) is 6. The number of aromatic nitrogens is 3. The van der Waals surface area contributed by atoms with Crippen molar-refractivity contribution in [3.63, 3.8) is 0 Å². The predicted molar refractivity (Wildman–Crippen MR) is 83.1 cm³/mol. The van der Waals surface area contributed by atoms with E-state index in [1.165, 1.54) is 0 Å². The molecule has 0 aromatic carbocycles. The number of halogens is 1. The van der Waals surface area contributed by atoms with Gasteiger partial charge in [0.05, 0.1) is 32.5 Å². The van der Waals surface area contributed by atoms with Crippen molar-refractivity contribution in [1.82, 2.24) is 19.9 Å². The van der Waals surface area contributed by atoms with Crippen LogP contribution in [0.15, 0.2) is 12.1 Å². The van der Waals surface area contributed by atoms with E-state index in [4.69, 9.17) is 21.1 Å². The second-order valence-corrected chi connectivity index (χ2v) is 5.93. The van der Waals surface area contributed by atoms with E-state index < -0.39 is 0 Å². The average molecular weight is 338 g/mol. The third-order valence-electron chi connectivity index (χ3n) is 3.92. The summed E-state index contributed by atoms with van der Waals surface area (Å²) in [5, 5.41) is 7.65. The quantitative estimate of drug-likeness (QED) is 0.814. The lowest BCUT2D eigenvalue weighted by Gasteiger charge is -2.28. The first kappa shape index (κ1) is 14.7. The van der Waals surface area contributed by atoms with E-state index >= 15 is 0 Å². The van der Waals surface area contributed by atoms with E-state index in [0.29, 0.717) is 42.9 Å². The lowest BCUT2D eigenvalue weighted by atomic mass is 10.2. The highest BCUT2D eigenvalue weighted by atomic mass is 35.5. The molecule has 2 aromatic heterocycles. The Bertz CT molecular complexity index is 739. The Morgan fingerprint density at radius 1 is 1.26 bits per heavy atom. The van der Waals surface area contributed by atoms with Crippen molar-refractivity contribution in [2.75, 3.05) is 44.4 Å². The fourth-order valence-corrected chi connectivity index (χ4v) is 2.82. The minimum atomic E-state index is -0.229. The van der Waals surface area contributed by atoms with E-state index in [9.17, 15) is 4.79 Å². The zero-order valence-corrected chi connectivity index (χ0v) is 13.1. The number of nitrogens with zero attached hydrogens (tertiary/aromatic N) is 4. The van der Waals surface area contributed by atoms with Crippen molar-refractivity contribution in [1.29, 1.82) is 0 Å². The van der Waals surface area contributed by atoms with Crippen LogP contribution in [0.25, 0.3) is 5.65 Å². The molecule has 0 spiro atoms. The molecule has 1 amide bonds. The molecule has 0 radical (unpaired) electrons. The van der Waals surface area contributed by atoms with Crippen LogP contribution in [0.3, 0.4) is 0 Å². The van der Waals surface area contributed by atoms with Crippen molar-refractivity contribution >= 4 is 29.0 Å². The third-order valence-corrected chi connectivity index (χ3v) is 4.11. The highest BCUT2D eigenvalue weighted by Gasteiger charge is 2.24. The molecule has 1 N–H and O–H groups in total. The molecule has 2 aromatic rings. The average Bonchev–Trinajstić information content (AvgIpc) is 2.94. The smallest absolute Gasteiger partial charge is 0.272 e. The van der Waals surface area contributed by atoms with Gasteiger partial charge >= 0.3 is 0 Å². The largest absolute Gasteiger partial charge is 0.378 e. The number of rotatable bonds is 3. The number of fused-ring (bicyclic) bond motifs is 1. The van der Waals surface area contributed by atoms with Crippen LogP contribution in [0.5, 0.6) is 0 Å². The van der Waals surface area contributed by atoms with Gasteiger partial charge in [0.15, 0.2) is 11.3 Å². The van der Waals surface area contributed by atoms with Crippen LogP contribution in [-0.2, 0) is 9.47 Å². The highest BCUT2D eigenvalue weighted by Crippen LogP contribution is 2.22. The molecule has 0 aliphatic carbocycles. The van der Waals surface area contributed by atoms with Gasteiger partial charge in [-0.1, -0.05) is 11.6 Å². The normalized spacial score (nSPS) is 18.9. The number of morpholine rings is 1. The molecule has 122 valence electrons. The summed E-state index contributed by atoms with van der Waals surface area (Å²) in [6.45, 7) is 3.88. The summed E-state index contributed by atoms with van der Waals surface area (Å²) in [5.74, 6) is 0.585. The highest BCUT2D eigenvalue weighted by molar-refractivity contribution is 6.29. The summed E-state index contributed by atoms with van der Waals surface area (Å²) in [6.07, 6.45) is 0. The molecule has 8 nitrogen and oxygen atoms in total. The van der Waals surface area contributed by atoms with Gasteiger partial charge in [0.1, 0.15) is 11.0 Å². The number of hydrogen-bond donors (Lipinski definition) is 1. The van der Waals surface area contributed by atoms with Crippen LogP contribution in [0, 0.1) is 0 Å². The number of amides is 1. The van der Waals surface area contributed by atoms with E-state index in [1.807, 2.05) is 0 Å². The van der Waals surface area contributed by atoms with Crippen molar-refractivity contribution < 1.29 is 14.3 Å². The predicted octanol–water partition coefficient (Wildman–Crippen LogP) is 0.348. The molecule has 23 heavy (non-hydrogen) atoms. The van der Waals surface area contributed by atoms with Crippen LogP contribution in [-0.4, -0.2) is 66.1 Å². The molecule has 4 heterocycles. The molecule has 0 saturated carbocycles. The van der Waals surface area contributed by atoms with Gasteiger partial charge in [-0.2, -0.15) is 9.61 Å². The Morgan fingerprint density at radius 3 is 2.74 bits per heavy atom. The first-order valence-corrected chi connectivity index (χ1v) is 7.86. The summed E-state index contributed by atoms with van der Waals surface area (Å²) in [4.78, 5) is 18.6. The summed E-state index contributed by atoms with van der Waals surface area (Å²) in [5.41, 5.74) is 0.871. The Hall–Kier alpha value is -1.90. The lowest BCUT2D eigenvalue weighted by molar-refractivity contribution is -0.00355. The van der Waals surface area contributed by atoms with Gasteiger partial charge in [-0.25, -0.2) is 4.98 Å². The molecular formula is C14H16ClN5O3. The molecule has 2 fully saturated rings. The van der Waals surface area contributed by atoms with Gasteiger partial charge in [0.25, 0.3) is 5.91 Å². The Balaban J connectivity index is 1.67. The summed E-state index contributed by atoms with van der Waals surface area (Å²) in [6, 6.07) is 3.46. The van der Waals surface area contributed by atoms with Crippen molar-refractivity contribution in [3.05, 3.63) is 23.0 Å². The van der Waals surface area contributed by atoms with Crippen LogP contribution < -0.4 is 10.2 Å². The van der Waals surface area contributed by atoms with Gasteiger partial charge < -0.3 is 19.7 Å². The second-order valence-electron chi connectivity index (χ2n) is 5.54. The zero-order chi connectivity index (χ0) is 15.8. The molecule has 2 saturated heterocycles. The van der Waals surface area contributed by atoms with E-state index in [-0.39, 0.29) is 11.9 Å². The second kappa shape index (κ2) is 5.95. The SMILES string of the molecule is O=C(NC1COC1)c1cc2nc(Cl)cc(N3CCOCC3)n2n1. The van der Waals surface area contributed by atoms with Crippen molar-refractivity contribution in [2.45, 2.75) is 6.04 Å². The number of carbonyl (C=O) groups is 1. The Kier molecular flexibility index (Phi) is 3.80. The van der Waals surface area contributed by atoms with Crippen LogP contribution >= 0.6 is 11.6 Å². The minimum absolute atomic E-state index is 0.0579. The number of carbonyl (C=O) groups excluding carboxylic acids is 1. The summed E-state index contributed by atoms with van der Waals surface area (Å²) >= 11 is 6.12. The monoisotopic (exact) mass is 337 g/mol. The van der Waals surface area contributed by atoms with Crippen LogP contribution in [0.2, 0.25) is 5.15 Å². The number of ether oxygens (including phenoxy) is 2. The maximum atomic E-state index is 12.3.